The van der Waals surface area contributed by atoms with Gasteiger partial charge in [0.2, 0.25) is 11.8 Å². The molecule has 2 heterocycles. The van der Waals surface area contributed by atoms with Crippen LogP contribution in [-0.4, -0.2) is 78.9 Å². The smallest absolute Gasteiger partial charge is 0.237 e. The molecule has 154 valence electrons. The van der Waals surface area contributed by atoms with E-state index >= 15 is 0 Å². The van der Waals surface area contributed by atoms with E-state index in [1.54, 1.807) is 4.90 Å². The Balaban J connectivity index is 1.54. The highest BCUT2D eigenvalue weighted by molar-refractivity contribution is 5.88. The second kappa shape index (κ2) is 10.0. The van der Waals surface area contributed by atoms with Crippen LogP contribution in [0.5, 0.6) is 0 Å². The summed E-state index contributed by atoms with van der Waals surface area (Å²) < 4.78 is 0. The van der Waals surface area contributed by atoms with E-state index < -0.39 is 0 Å². The third-order valence-electron chi connectivity index (χ3n) is 5.94. The van der Waals surface area contributed by atoms with Gasteiger partial charge in [-0.1, -0.05) is 36.2 Å². The number of nitrogens with one attached hydrogen (secondary N) is 1. The molecule has 1 aromatic carbocycles. The monoisotopic (exact) mass is 386 g/mol. The van der Waals surface area contributed by atoms with E-state index in [0.29, 0.717) is 13.1 Å². The van der Waals surface area contributed by atoms with Crippen LogP contribution in [0.25, 0.3) is 0 Å². The van der Waals surface area contributed by atoms with Gasteiger partial charge in [0.15, 0.2) is 0 Å². The van der Waals surface area contributed by atoms with Gasteiger partial charge in [0.1, 0.15) is 0 Å². The number of carbonyl (C=O) groups is 2. The van der Waals surface area contributed by atoms with Crippen molar-refractivity contribution in [2.45, 2.75) is 45.2 Å². The zero-order valence-electron chi connectivity index (χ0n) is 17.3. The van der Waals surface area contributed by atoms with Gasteiger partial charge in [-0.3, -0.25) is 14.5 Å². The van der Waals surface area contributed by atoms with Gasteiger partial charge in [-0.2, -0.15) is 0 Å². The number of carbonyl (C=O) groups excluding carboxylic acids is 2. The van der Waals surface area contributed by atoms with E-state index in [0.717, 1.165) is 32.7 Å². The zero-order valence-corrected chi connectivity index (χ0v) is 17.3. The predicted octanol–water partition coefficient (Wildman–Crippen LogP) is 1.63. The number of rotatable bonds is 7. The van der Waals surface area contributed by atoms with E-state index in [-0.39, 0.29) is 24.3 Å². The summed E-state index contributed by atoms with van der Waals surface area (Å²) in [5.41, 5.74) is 2.40. The molecule has 2 aliphatic rings. The van der Waals surface area contributed by atoms with Gasteiger partial charge < -0.3 is 15.1 Å². The van der Waals surface area contributed by atoms with Crippen molar-refractivity contribution in [1.29, 1.82) is 0 Å². The zero-order chi connectivity index (χ0) is 19.9. The topological polar surface area (TPSA) is 55.9 Å². The Hall–Kier alpha value is -1.92. The second-order valence-corrected chi connectivity index (χ2v) is 8.18. The molecule has 6 nitrogen and oxygen atoms in total. The van der Waals surface area contributed by atoms with Gasteiger partial charge in [0.05, 0.1) is 12.5 Å². The molecule has 0 saturated carbocycles. The van der Waals surface area contributed by atoms with Crippen LogP contribution >= 0.6 is 0 Å². The molecule has 1 N–H and O–H groups in total. The molecule has 2 aliphatic heterocycles. The normalized spacial score (nSPS) is 21.4. The SMILES string of the molecule is Cc1ccc(CN2CCNC(=O)C2CC(=O)N(C)CCN2CCCCC2)cc1. The van der Waals surface area contributed by atoms with E-state index in [1.807, 2.05) is 7.05 Å². The summed E-state index contributed by atoms with van der Waals surface area (Å²) >= 11 is 0. The molecule has 28 heavy (non-hydrogen) atoms. The lowest BCUT2D eigenvalue weighted by atomic mass is 10.1. The quantitative estimate of drug-likeness (QED) is 0.774. The Morgan fingerprint density at radius 3 is 2.57 bits per heavy atom. The highest BCUT2D eigenvalue weighted by atomic mass is 16.2. The highest BCUT2D eigenvalue weighted by Crippen LogP contribution is 2.16. The largest absolute Gasteiger partial charge is 0.353 e. The van der Waals surface area contributed by atoms with Crippen molar-refractivity contribution in [3.05, 3.63) is 35.4 Å². The van der Waals surface area contributed by atoms with Crippen molar-refractivity contribution in [3.8, 4) is 0 Å². The number of aryl methyl sites for hydroxylation is 1. The van der Waals surface area contributed by atoms with Gasteiger partial charge >= 0.3 is 0 Å². The average Bonchev–Trinajstić information content (AvgIpc) is 2.71. The number of hydrogen-bond donors (Lipinski definition) is 1. The molecule has 0 aromatic heterocycles. The number of piperidine rings is 1. The molecular formula is C22H34N4O2. The van der Waals surface area contributed by atoms with E-state index in [4.69, 9.17) is 0 Å². The summed E-state index contributed by atoms with van der Waals surface area (Å²) in [6.45, 7) is 8.10. The molecule has 6 heteroatoms. The van der Waals surface area contributed by atoms with Crippen molar-refractivity contribution in [3.63, 3.8) is 0 Å². The minimum atomic E-state index is -0.389. The summed E-state index contributed by atoms with van der Waals surface area (Å²) in [5, 5.41) is 2.93. The van der Waals surface area contributed by atoms with Crippen LogP contribution in [0.1, 0.15) is 36.8 Å². The fourth-order valence-electron chi connectivity index (χ4n) is 4.02. The number of hydrogen-bond acceptors (Lipinski definition) is 4. The first kappa shape index (κ1) is 20.8. The number of likely N-dealkylation sites (N-methyl/N-ethyl adjacent to an activating group) is 1. The summed E-state index contributed by atoms with van der Waals surface area (Å²) in [6.07, 6.45) is 4.08. The first-order valence-electron chi connectivity index (χ1n) is 10.6. The van der Waals surface area contributed by atoms with Crippen LogP contribution in [0.4, 0.5) is 0 Å². The van der Waals surface area contributed by atoms with Crippen molar-refractivity contribution in [1.82, 2.24) is 20.0 Å². The van der Waals surface area contributed by atoms with Crippen LogP contribution in [0.3, 0.4) is 0 Å². The molecule has 1 unspecified atom stereocenters. The lowest BCUT2D eigenvalue weighted by Gasteiger charge is -2.35. The van der Waals surface area contributed by atoms with Gasteiger partial charge in [-0.05, 0) is 38.4 Å². The van der Waals surface area contributed by atoms with Gasteiger partial charge in [-0.25, -0.2) is 0 Å². The lowest BCUT2D eigenvalue weighted by molar-refractivity contribution is -0.138. The molecule has 2 saturated heterocycles. The number of amides is 2. The first-order valence-corrected chi connectivity index (χ1v) is 10.6. The Labute approximate surface area is 168 Å². The fraction of sp³-hybridized carbons (Fsp3) is 0.636. The molecule has 2 amide bonds. The van der Waals surface area contributed by atoms with Crippen LogP contribution in [-0.2, 0) is 16.1 Å². The predicted molar refractivity (Wildman–Crippen MR) is 111 cm³/mol. The van der Waals surface area contributed by atoms with Crippen molar-refractivity contribution in [2.24, 2.45) is 0 Å². The Morgan fingerprint density at radius 1 is 1.14 bits per heavy atom. The molecule has 1 aromatic rings. The van der Waals surface area contributed by atoms with Crippen LogP contribution in [0.15, 0.2) is 24.3 Å². The third kappa shape index (κ3) is 5.79. The minimum Gasteiger partial charge on any atom is -0.353 e. The van der Waals surface area contributed by atoms with Gasteiger partial charge in [-0.15, -0.1) is 0 Å². The highest BCUT2D eigenvalue weighted by Gasteiger charge is 2.32. The number of piperazine rings is 1. The molecule has 0 aliphatic carbocycles. The number of likely N-dealkylation sites (tertiary alicyclic amines) is 1. The molecule has 2 fully saturated rings. The summed E-state index contributed by atoms with van der Waals surface area (Å²) in [7, 11) is 1.86. The van der Waals surface area contributed by atoms with Crippen LogP contribution in [0.2, 0.25) is 0 Å². The van der Waals surface area contributed by atoms with Crippen molar-refractivity contribution in [2.75, 3.05) is 46.3 Å². The molecule has 3 rings (SSSR count). The minimum absolute atomic E-state index is 0.0313. The molecule has 0 radical (unpaired) electrons. The van der Waals surface area contributed by atoms with Gasteiger partial charge in [0, 0.05) is 39.8 Å². The first-order chi connectivity index (χ1) is 13.5. The maximum atomic E-state index is 12.8. The summed E-state index contributed by atoms with van der Waals surface area (Å²) in [6, 6.07) is 8.00. The van der Waals surface area contributed by atoms with Gasteiger partial charge in [0.25, 0.3) is 0 Å². The van der Waals surface area contributed by atoms with E-state index in [2.05, 4.69) is 46.3 Å². The lowest BCUT2D eigenvalue weighted by Crippen LogP contribution is -2.56. The molecule has 0 bridgehead atoms. The molecule has 0 spiro atoms. The maximum Gasteiger partial charge on any atom is 0.237 e. The molecule has 1 atom stereocenters. The Morgan fingerprint density at radius 2 is 1.86 bits per heavy atom. The van der Waals surface area contributed by atoms with E-state index in [1.165, 1.54) is 30.4 Å². The van der Waals surface area contributed by atoms with Crippen LogP contribution < -0.4 is 5.32 Å². The standard InChI is InChI=1S/C22H34N4O2/c1-18-6-8-19(9-7-18)17-26-13-10-23-22(28)20(26)16-21(27)24(2)14-15-25-11-4-3-5-12-25/h6-9,20H,3-5,10-17H2,1-2H3,(H,23,28). The Kier molecular flexibility index (Phi) is 7.45. The maximum absolute atomic E-state index is 12.8. The fourth-order valence-corrected chi connectivity index (χ4v) is 4.02. The summed E-state index contributed by atoms with van der Waals surface area (Å²) in [4.78, 5) is 31.6. The van der Waals surface area contributed by atoms with Crippen molar-refractivity contribution < 1.29 is 9.59 Å². The van der Waals surface area contributed by atoms with Crippen molar-refractivity contribution >= 4 is 11.8 Å². The van der Waals surface area contributed by atoms with E-state index in [9.17, 15) is 9.59 Å². The molecular weight excluding hydrogens is 352 g/mol. The summed E-state index contributed by atoms with van der Waals surface area (Å²) in [5.74, 6) is 0.0177. The number of benzene rings is 1. The van der Waals surface area contributed by atoms with Crippen LogP contribution in [0, 0.1) is 6.92 Å². The Bertz CT molecular complexity index is 655. The third-order valence-corrected chi connectivity index (χ3v) is 5.94. The number of nitrogens with zero attached hydrogens (tertiary/aromatic N) is 3. The second-order valence-electron chi connectivity index (χ2n) is 8.18. The average molecular weight is 387 g/mol.